The second-order valence-electron chi connectivity index (χ2n) is 3.04. The van der Waals surface area contributed by atoms with Gasteiger partial charge in [0.2, 0.25) is 0 Å². The Labute approximate surface area is 77.2 Å². The molecule has 66 valence electrons. The van der Waals surface area contributed by atoms with Crippen molar-refractivity contribution in [1.29, 1.82) is 10.5 Å². The molecule has 0 aromatic rings. The Kier molecular flexibility index (Phi) is 2.66. The highest BCUT2D eigenvalue weighted by Gasteiger charge is 2.14. The van der Waals surface area contributed by atoms with E-state index in [1.165, 1.54) is 0 Å². The fourth-order valence-corrected chi connectivity index (χ4v) is 1.27. The van der Waals surface area contributed by atoms with Gasteiger partial charge in [0, 0.05) is 18.2 Å². The highest BCUT2D eigenvalue weighted by atomic mass is 15.0. The summed E-state index contributed by atoms with van der Waals surface area (Å²) in [7, 11) is 0. The summed E-state index contributed by atoms with van der Waals surface area (Å²) >= 11 is 0. The molecule has 0 aromatic carbocycles. The van der Waals surface area contributed by atoms with Crippen molar-refractivity contribution in [2.75, 3.05) is 0 Å². The molecule has 1 N–H and O–H groups in total. The van der Waals surface area contributed by atoms with Gasteiger partial charge in [0.15, 0.2) is 11.4 Å². The second kappa shape index (κ2) is 3.73. The van der Waals surface area contributed by atoms with Gasteiger partial charge in [-0.2, -0.15) is 10.5 Å². The number of hydrogen-bond donors (Lipinski definition) is 1. The van der Waals surface area contributed by atoms with E-state index in [1.807, 2.05) is 26.0 Å². The molecule has 0 bridgehead atoms. The topological polar surface area (TPSA) is 72.0 Å². The van der Waals surface area contributed by atoms with Crippen molar-refractivity contribution in [3.63, 3.8) is 0 Å². The third kappa shape index (κ3) is 2.07. The molecule has 1 rings (SSSR count). The maximum atomic E-state index is 8.73. The van der Waals surface area contributed by atoms with E-state index in [0.717, 1.165) is 12.1 Å². The smallest absolute Gasteiger partial charge is 0.174 e. The van der Waals surface area contributed by atoms with Crippen LogP contribution in [0.2, 0.25) is 0 Å². The number of nitrogens with one attached hydrogen (secondary N) is 1. The molecule has 1 aliphatic rings. The van der Waals surface area contributed by atoms with Crippen LogP contribution in [-0.2, 0) is 0 Å². The first-order chi connectivity index (χ1) is 6.17. The van der Waals surface area contributed by atoms with Crippen molar-refractivity contribution in [2.24, 2.45) is 4.99 Å². The molecule has 1 aliphatic heterocycles. The maximum Gasteiger partial charge on any atom is 0.174 e. The van der Waals surface area contributed by atoms with Gasteiger partial charge < -0.3 is 5.32 Å². The zero-order valence-corrected chi connectivity index (χ0v) is 7.63. The standard InChI is InChI=1S/C9H10N4/c1-6-3-7(2)13-9(5-11)8(4-10)12-6/h6,12H,3H2,1-2H3. The lowest BCUT2D eigenvalue weighted by Crippen LogP contribution is -2.25. The Balaban J connectivity index is 3.13. The summed E-state index contributed by atoms with van der Waals surface area (Å²) in [6, 6.07) is 3.99. The number of hydrogen-bond acceptors (Lipinski definition) is 4. The van der Waals surface area contributed by atoms with Gasteiger partial charge in [0.25, 0.3) is 0 Å². The summed E-state index contributed by atoms with van der Waals surface area (Å²) in [6.07, 6.45) is 0.760. The summed E-state index contributed by atoms with van der Waals surface area (Å²) in [5, 5.41) is 20.4. The lowest BCUT2D eigenvalue weighted by molar-refractivity contribution is 0.650. The zero-order valence-electron chi connectivity index (χ0n) is 7.63. The monoisotopic (exact) mass is 174 g/mol. The van der Waals surface area contributed by atoms with Crippen LogP contribution in [0.5, 0.6) is 0 Å². The number of allylic oxidation sites excluding steroid dienone is 2. The predicted octanol–water partition coefficient (Wildman–Crippen LogP) is 1.09. The molecule has 0 saturated heterocycles. The fraction of sp³-hybridized carbons (Fsp3) is 0.444. The molecule has 0 fully saturated rings. The van der Waals surface area contributed by atoms with Gasteiger partial charge in [-0.25, -0.2) is 4.99 Å². The molecule has 4 nitrogen and oxygen atoms in total. The minimum atomic E-state index is 0.157. The van der Waals surface area contributed by atoms with Crippen molar-refractivity contribution < 1.29 is 0 Å². The van der Waals surface area contributed by atoms with Gasteiger partial charge in [-0.15, -0.1) is 0 Å². The quantitative estimate of drug-likeness (QED) is 0.597. The average Bonchev–Trinajstić information content (AvgIpc) is 2.23. The van der Waals surface area contributed by atoms with E-state index in [0.29, 0.717) is 0 Å². The molecule has 1 unspecified atom stereocenters. The van der Waals surface area contributed by atoms with Crippen LogP contribution in [0.25, 0.3) is 0 Å². The van der Waals surface area contributed by atoms with E-state index in [2.05, 4.69) is 10.3 Å². The normalized spacial score (nSPS) is 22.2. The molecule has 0 amide bonds. The first-order valence-corrected chi connectivity index (χ1v) is 4.02. The van der Waals surface area contributed by atoms with E-state index < -0.39 is 0 Å². The number of rotatable bonds is 0. The largest absolute Gasteiger partial charge is 0.371 e. The summed E-state index contributed by atoms with van der Waals surface area (Å²) < 4.78 is 0. The lowest BCUT2D eigenvalue weighted by atomic mass is 10.2. The molecule has 1 heterocycles. The Hall–Kier alpha value is -1.81. The third-order valence-electron chi connectivity index (χ3n) is 1.75. The maximum absolute atomic E-state index is 8.73. The molecule has 1 atom stereocenters. The zero-order chi connectivity index (χ0) is 9.84. The summed E-state index contributed by atoms with van der Waals surface area (Å²) in [5.41, 5.74) is 1.33. The van der Waals surface area contributed by atoms with Crippen LogP contribution < -0.4 is 5.32 Å². The highest BCUT2D eigenvalue weighted by Crippen LogP contribution is 2.10. The van der Waals surface area contributed by atoms with Crippen LogP contribution >= 0.6 is 0 Å². The SMILES string of the molecule is CC1=NC(C#N)=C(C#N)NC(C)C1. The molecule has 0 saturated carbocycles. The van der Waals surface area contributed by atoms with Crippen LogP contribution in [-0.4, -0.2) is 11.8 Å². The van der Waals surface area contributed by atoms with Crippen molar-refractivity contribution in [2.45, 2.75) is 26.3 Å². The Morgan fingerprint density at radius 2 is 2.15 bits per heavy atom. The molecular weight excluding hydrogens is 164 g/mol. The van der Waals surface area contributed by atoms with E-state index >= 15 is 0 Å². The molecule has 0 aliphatic carbocycles. The van der Waals surface area contributed by atoms with E-state index in [1.54, 1.807) is 0 Å². The molecule has 4 heteroatoms. The van der Waals surface area contributed by atoms with Crippen molar-refractivity contribution >= 4 is 5.71 Å². The van der Waals surface area contributed by atoms with E-state index in [4.69, 9.17) is 10.5 Å². The molecule has 0 aromatic heterocycles. The minimum absolute atomic E-state index is 0.157. The van der Waals surface area contributed by atoms with Gasteiger partial charge in [0.1, 0.15) is 12.1 Å². The molecule has 13 heavy (non-hydrogen) atoms. The number of aliphatic imine (C=N–C) groups is 1. The van der Waals surface area contributed by atoms with Crippen LogP contribution in [0.3, 0.4) is 0 Å². The van der Waals surface area contributed by atoms with Crippen molar-refractivity contribution in [3.8, 4) is 12.1 Å². The second-order valence-corrected chi connectivity index (χ2v) is 3.04. The Bertz CT molecular complexity index is 351. The highest BCUT2D eigenvalue weighted by molar-refractivity contribution is 5.84. The van der Waals surface area contributed by atoms with Gasteiger partial charge in [0.05, 0.1) is 0 Å². The van der Waals surface area contributed by atoms with Gasteiger partial charge >= 0.3 is 0 Å². The number of nitriles is 2. The minimum Gasteiger partial charge on any atom is -0.371 e. The average molecular weight is 174 g/mol. The summed E-state index contributed by atoms with van der Waals surface area (Å²) in [6.45, 7) is 3.81. The Morgan fingerprint density at radius 1 is 1.46 bits per heavy atom. The van der Waals surface area contributed by atoms with Gasteiger partial charge in [-0.3, -0.25) is 0 Å². The van der Waals surface area contributed by atoms with Crippen LogP contribution in [0, 0.1) is 22.7 Å². The van der Waals surface area contributed by atoms with Crippen molar-refractivity contribution in [1.82, 2.24) is 5.32 Å². The van der Waals surface area contributed by atoms with Crippen molar-refractivity contribution in [3.05, 3.63) is 11.4 Å². The predicted molar refractivity (Wildman–Crippen MR) is 48.6 cm³/mol. The van der Waals surface area contributed by atoms with E-state index in [9.17, 15) is 0 Å². The Morgan fingerprint density at radius 3 is 2.69 bits per heavy atom. The summed E-state index contributed by atoms with van der Waals surface area (Å²) in [5.74, 6) is 0. The lowest BCUT2D eigenvalue weighted by Gasteiger charge is -2.09. The summed E-state index contributed by atoms with van der Waals surface area (Å²) in [4.78, 5) is 4.05. The molecular formula is C9H10N4. The van der Waals surface area contributed by atoms with Gasteiger partial charge in [-0.1, -0.05) is 0 Å². The first kappa shape index (κ1) is 9.28. The van der Waals surface area contributed by atoms with Crippen LogP contribution in [0.1, 0.15) is 20.3 Å². The van der Waals surface area contributed by atoms with Gasteiger partial charge in [-0.05, 0) is 13.8 Å². The first-order valence-electron chi connectivity index (χ1n) is 4.02. The van der Waals surface area contributed by atoms with Crippen LogP contribution in [0.4, 0.5) is 0 Å². The van der Waals surface area contributed by atoms with E-state index in [-0.39, 0.29) is 17.4 Å². The molecule has 0 radical (unpaired) electrons. The number of nitrogens with zero attached hydrogens (tertiary/aromatic N) is 3. The van der Waals surface area contributed by atoms with Crippen LogP contribution in [0.15, 0.2) is 16.4 Å². The molecule has 0 spiro atoms. The third-order valence-corrected chi connectivity index (χ3v) is 1.75. The fourth-order valence-electron chi connectivity index (χ4n) is 1.27.